The van der Waals surface area contributed by atoms with Crippen molar-refractivity contribution in [3.63, 3.8) is 0 Å². The smallest absolute Gasteiger partial charge is 0.163 e. The maximum absolute atomic E-state index is 4.67. The quantitative estimate of drug-likeness (QED) is 0.759. The van der Waals surface area contributed by atoms with E-state index in [1.54, 1.807) is 0 Å². The Kier molecular flexibility index (Phi) is 3.24. The van der Waals surface area contributed by atoms with Gasteiger partial charge in [-0.25, -0.2) is 9.98 Å². The van der Waals surface area contributed by atoms with Gasteiger partial charge >= 0.3 is 0 Å². The van der Waals surface area contributed by atoms with E-state index in [2.05, 4.69) is 46.1 Å². The number of nitrogens with one attached hydrogen (secondary N) is 1. The molecule has 0 fully saturated rings. The Hall–Kier alpha value is -3.20. The predicted octanol–water partition coefficient (Wildman–Crippen LogP) is 4.11. The molecule has 4 rings (SSSR count). The van der Waals surface area contributed by atoms with E-state index in [0.717, 1.165) is 17.0 Å². The maximum atomic E-state index is 4.67. The number of hydrogen-bond donors (Lipinski definition) is 1. The topological polar surface area (TPSA) is 36.8 Å². The number of aliphatic imine (C=N–C) groups is 2. The highest BCUT2D eigenvalue weighted by Gasteiger charge is 2.14. The first-order chi connectivity index (χ1) is 11.3. The van der Waals surface area contributed by atoms with Crippen molar-refractivity contribution in [2.24, 2.45) is 9.98 Å². The summed E-state index contributed by atoms with van der Waals surface area (Å²) in [6.45, 7) is 3.95. The second-order valence-electron chi connectivity index (χ2n) is 5.40. The summed E-state index contributed by atoms with van der Waals surface area (Å²) in [5.74, 6) is 2.05. The van der Waals surface area contributed by atoms with E-state index < -0.39 is 0 Å². The summed E-state index contributed by atoms with van der Waals surface area (Å²) in [4.78, 5) is 9.13. The van der Waals surface area contributed by atoms with Gasteiger partial charge in [-0.15, -0.1) is 0 Å². The summed E-state index contributed by atoms with van der Waals surface area (Å²) in [6, 6.07) is 24.5. The first kappa shape index (κ1) is 13.5. The number of rotatable bonds is 2. The van der Waals surface area contributed by atoms with Crippen molar-refractivity contribution in [2.45, 2.75) is 0 Å². The van der Waals surface area contributed by atoms with Gasteiger partial charge in [-0.05, 0) is 16.8 Å². The van der Waals surface area contributed by atoms with Crippen LogP contribution in [-0.2, 0) is 0 Å². The molecule has 0 atom stereocenters. The van der Waals surface area contributed by atoms with E-state index in [-0.39, 0.29) is 0 Å². The molecule has 0 aromatic heterocycles. The second kappa shape index (κ2) is 5.54. The Labute approximate surface area is 134 Å². The largest absolute Gasteiger partial charge is 0.325 e. The van der Waals surface area contributed by atoms with E-state index in [1.165, 1.54) is 10.8 Å². The van der Waals surface area contributed by atoms with E-state index in [1.807, 2.05) is 48.5 Å². The molecule has 110 valence electrons. The van der Waals surface area contributed by atoms with Gasteiger partial charge in [0.05, 0.1) is 0 Å². The molecule has 0 amide bonds. The highest BCUT2D eigenvalue weighted by Crippen LogP contribution is 2.18. The highest BCUT2D eigenvalue weighted by molar-refractivity contribution is 6.14. The average Bonchev–Trinajstić information content (AvgIpc) is 2.61. The summed E-state index contributed by atoms with van der Waals surface area (Å²) < 4.78 is 0. The molecule has 3 heteroatoms. The first-order valence-electron chi connectivity index (χ1n) is 7.47. The summed E-state index contributed by atoms with van der Waals surface area (Å²) in [7, 11) is 0. The van der Waals surface area contributed by atoms with Crippen LogP contribution in [0, 0.1) is 0 Å². The molecule has 3 aromatic rings. The Balaban J connectivity index is 1.79. The minimum Gasteiger partial charge on any atom is -0.325 e. The third kappa shape index (κ3) is 2.64. The van der Waals surface area contributed by atoms with Crippen molar-refractivity contribution < 1.29 is 0 Å². The number of amidine groups is 2. The van der Waals surface area contributed by atoms with Crippen molar-refractivity contribution in [3.8, 4) is 0 Å². The molecule has 3 nitrogen and oxygen atoms in total. The fourth-order valence-corrected chi connectivity index (χ4v) is 2.64. The van der Waals surface area contributed by atoms with Crippen LogP contribution < -0.4 is 5.32 Å². The van der Waals surface area contributed by atoms with Gasteiger partial charge < -0.3 is 5.32 Å². The lowest BCUT2D eigenvalue weighted by Crippen LogP contribution is -2.28. The molecular weight excluding hydrogens is 282 g/mol. The Morgan fingerprint density at radius 2 is 1.43 bits per heavy atom. The summed E-state index contributed by atoms with van der Waals surface area (Å²) in [5, 5.41) is 5.52. The molecule has 0 saturated heterocycles. The molecule has 0 aliphatic carbocycles. The summed E-state index contributed by atoms with van der Waals surface area (Å²) in [5.41, 5.74) is 2.00. The molecule has 1 heterocycles. The van der Waals surface area contributed by atoms with Crippen molar-refractivity contribution >= 4 is 22.4 Å². The van der Waals surface area contributed by atoms with Gasteiger partial charge in [0.1, 0.15) is 11.7 Å². The van der Waals surface area contributed by atoms with Crippen LogP contribution in [0.1, 0.15) is 11.1 Å². The highest BCUT2D eigenvalue weighted by atomic mass is 15.2. The standard InChI is InChI=1S/C20H15N3/c1-14-21-19(16-8-3-2-4-9-16)23-20(22-14)18-12-11-15-7-5-6-10-17(15)13-18/h2-13H,1H2,(H,21,22,23). The van der Waals surface area contributed by atoms with E-state index in [9.17, 15) is 0 Å². The third-order valence-corrected chi connectivity index (χ3v) is 3.78. The minimum atomic E-state index is 0.599. The van der Waals surface area contributed by atoms with Crippen molar-refractivity contribution in [2.75, 3.05) is 0 Å². The van der Waals surface area contributed by atoms with Crippen LogP contribution in [0.4, 0.5) is 0 Å². The lowest BCUT2D eigenvalue weighted by Gasteiger charge is -2.16. The molecule has 1 aliphatic heterocycles. The molecule has 0 bridgehead atoms. The van der Waals surface area contributed by atoms with E-state index in [0.29, 0.717) is 11.7 Å². The molecule has 1 aliphatic rings. The Morgan fingerprint density at radius 3 is 2.26 bits per heavy atom. The SMILES string of the molecule is C=C1N=C(c2ccc3ccccc3c2)N=C(c2ccccc2)N1. The first-order valence-corrected chi connectivity index (χ1v) is 7.47. The average molecular weight is 297 g/mol. The maximum Gasteiger partial charge on any atom is 0.163 e. The molecule has 0 spiro atoms. The Bertz CT molecular complexity index is 953. The van der Waals surface area contributed by atoms with Crippen molar-refractivity contribution in [1.29, 1.82) is 0 Å². The van der Waals surface area contributed by atoms with Crippen LogP contribution in [0.5, 0.6) is 0 Å². The fourth-order valence-electron chi connectivity index (χ4n) is 2.64. The van der Waals surface area contributed by atoms with E-state index >= 15 is 0 Å². The van der Waals surface area contributed by atoms with Crippen LogP contribution in [0.3, 0.4) is 0 Å². The van der Waals surface area contributed by atoms with Crippen LogP contribution in [0.2, 0.25) is 0 Å². The molecule has 1 N–H and O–H groups in total. The van der Waals surface area contributed by atoms with Gasteiger partial charge in [0.2, 0.25) is 0 Å². The fraction of sp³-hybridized carbons (Fsp3) is 0. The van der Waals surface area contributed by atoms with Crippen molar-refractivity contribution in [3.05, 3.63) is 96.3 Å². The number of nitrogens with zero attached hydrogens (tertiary/aromatic N) is 2. The second-order valence-corrected chi connectivity index (χ2v) is 5.40. The van der Waals surface area contributed by atoms with Gasteiger partial charge in [-0.3, -0.25) is 0 Å². The zero-order chi connectivity index (χ0) is 15.6. The molecule has 23 heavy (non-hydrogen) atoms. The predicted molar refractivity (Wildman–Crippen MR) is 95.7 cm³/mol. The van der Waals surface area contributed by atoms with Gasteiger partial charge in [-0.2, -0.15) is 0 Å². The van der Waals surface area contributed by atoms with Gasteiger partial charge in [0.15, 0.2) is 5.84 Å². The monoisotopic (exact) mass is 297 g/mol. The van der Waals surface area contributed by atoms with Gasteiger partial charge in [0, 0.05) is 11.1 Å². The zero-order valence-electron chi connectivity index (χ0n) is 12.5. The molecule has 0 unspecified atom stereocenters. The van der Waals surface area contributed by atoms with Gasteiger partial charge in [0.25, 0.3) is 0 Å². The third-order valence-electron chi connectivity index (χ3n) is 3.78. The minimum absolute atomic E-state index is 0.599. The van der Waals surface area contributed by atoms with Crippen molar-refractivity contribution in [1.82, 2.24) is 5.32 Å². The number of hydrogen-bond acceptors (Lipinski definition) is 3. The van der Waals surface area contributed by atoms with Crippen LogP contribution >= 0.6 is 0 Å². The summed E-state index contributed by atoms with van der Waals surface area (Å²) >= 11 is 0. The molecule has 3 aromatic carbocycles. The molecule has 0 radical (unpaired) electrons. The lowest BCUT2D eigenvalue weighted by atomic mass is 10.1. The lowest BCUT2D eigenvalue weighted by molar-refractivity contribution is 1.06. The molecular formula is C20H15N3. The normalized spacial score (nSPS) is 14.2. The summed E-state index contributed by atoms with van der Waals surface area (Å²) in [6.07, 6.45) is 0. The van der Waals surface area contributed by atoms with Crippen LogP contribution in [0.15, 0.2) is 95.2 Å². The van der Waals surface area contributed by atoms with Crippen LogP contribution in [-0.4, -0.2) is 11.7 Å². The number of benzene rings is 3. The molecule has 0 saturated carbocycles. The van der Waals surface area contributed by atoms with Crippen LogP contribution in [0.25, 0.3) is 10.8 Å². The Morgan fingerprint density at radius 1 is 0.696 bits per heavy atom. The van der Waals surface area contributed by atoms with Gasteiger partial charge in [-0.1, -0.05) is 73.3 Å². The van der Waals surface area contributed by atoms with E-state index in [4.69, 9.17) is 0 Å². The zero-order valence-corrected chi connectivity index (χ0v) is 12.5. The number of fused-ring (bicyclic) bond motifs is 1.